The van der Waals surface area contributed by atoms with Gasteiger partial charge in [0.2, 0.25) is 0 Å². The van der Waals surface area contributed by atoms with Crippen LogP contribution >= 0.6 is 22.9 Å². The van der Waals surface area contributed by atoms with E-state index in [2.05, 4.69) is 4.99 Å². The molecule has 0 N–H and O–H groups in total. The van der Waals surface area contributed by atoms with E-state index in [4.69, 9.17) is 11.6 Å². The minimum Gasteiger partial charge on any atom is -0.315 e. The van der Waals surface area contributed by atoms with Crippen LogP contribution in [0.25, 0.3) is 10.2 Å². The zero-order valence-electron chi connectivity index (χ0n) is 13.3. The first kappa shape index (κ1) is 17.3. The molecule has 128 valence electrons. The van der Waals surface area contributed by atoms with Crippen molar-refractivity contribution in [2.75, 3.05) is 0 Å². The van der Waals surface area contributed by atoms with Gasteiger partial charge in [-0.15, -0.1) is 0 Å². The van der Waals surface area contributed by atoms with Gasteiger partial charge in [0.15, 0.2) is 4.80 Å². The smallest absolute Gasteiger partial charge is 0.279 e. The SMILES string of the molecule is CCCn1c(=NC(=O)c2cccc([N+](=O)[O-])c2)sc2cccc(Cl)c21. The Hall–Kier alpha value is -2.51. The Labute approximate surface area is 152 Å². The minimum atomic E-state index is -0.534. The summed E-state index contributed by atoms with van der Waals surface area (Å²) in [5, 5.41) is 11.5. The van der Waals surface area contributed by atoms with Crippen LogP contribution in [0.2, 0.25) is 5.02 Å². The molecule has 0 aliphatic rings. The number of rotatable bonds is 4. The number of aryl methyl sites for hydroxylation is 1. The van der Waals surface area contributed by atoms with Crippen molar-refractivity contribution in [1.29, 1.82) is 0 Å². The zero-order valence-corrected chi connectivity index (χ0v) is 14.9. The molecular formula is C17H14ClN3O3S. The summed E-state index contributed by atoms with van der Waals surface area (Å²) in [5.74, 6) is -0.517. The van der Waals surface area contributed by atoms with Crippen LogP contribution in [0.3, 0.4) is 0 Å². The second-order valence-corrected chi connectivity index (χ2v) is 6.76. The highest BCUT2D eigenvalue weighted by Gasteiger charge is 2.13. The summed E-state index contributed by atoms with van der Waals surface area (Å²) in [6.07, 6.45) is 0.856. The number of para-hydroxylation sites is 1. The lowest BCUT2D eigenvalue weighted by atomic mass is 10.2. The number of nitro benzene ring substituents is 1. The molecule has 6 nitrogen and oxygen atoms in total. The van der Waals surface area contributed by atoms with Crippen molar-refractivity contribution in [3.05, 3.63) is 68.0 Å². The number of nitrogens with zero attached hydrogens (tertiary/aromatic N) is 3. The topological polar surface area (TPSA) is 77.5 Å². The average Bonchev–Trinajstić information content (AvgIpc) is 2.94. The summed E-state index contributed by atoms with van der Waals surface area (Å²) in [7, 11) is 0. The predicted octanol–water partition coefficient (Wildman–Crippen LogP) is 4.42. The van der Waals surface area contributed by atoms with Crippen molar-refractivity contribution in [2.45, 2.75) is 19.9 Å². The van der Waals surface area contributed by atoms with Crippen LogP contribution in [0.15, 0.2) is 47.5 Å². The number of fused-ring (bicyclic) bond motifs is 1. The van der Waals surface area contributed by atoms with Gasteiger partial charge in [-0.3, -0.25) is 14.9 Å². The van der Waals surface area contributed by atoms with Crippen LogP contribution in [0, 0.1) is 10.1 Å². The van der Waals surface area contributed by atoms with Gasteiger partial charge in [0.05, 0.1) is 20.2 Å². The zero-order chi connectivity index (χ0) is 18.0. The number of nitro groups is 1. The van der Waals surface area contributed by atoms with E-state index in [1.165, 1.54) is 35.6 Å². The van der Waals surface area contributed by atoms with Crippen LogP contribution in [0.4, 0.5) is 5.69 Å². The summed E-state index contributed by atoms with van der Waals surface area (Å²) >= 11 is 7.67. The molecule has 1 amide bonds. The highest BCUT2D eigenvalue weighted by molar-refractivity contribution is 7.16. The van der Waals surface area contributed by atoms with Crippen molar-refractivity contribution < 1.29 is 9.72 Å². The first-order valence-corrected chi connectivity index (χ1v) is 8.82. The van der Waals surface area contributed by atoms with Gasteiger partial charge in [-0.25, -0.2) is 0 Å². The molecule has 0 bridgehead atoms. The van der Waals surface area contributed by atoms with E-state index in [0.29, 0.717) is 16.4 Å². The van der Waals surface area contributed by atoms with Gasteiger partial charge in [-0.1, -0.05) is 42.0 Å². The molecule has 8 heteroatoms. The number of thiazole rings is 1. The molecular weight excluding hydrogens is 362 g/mol. The maximum atomic E-state index is 12.5. The standard InChI is InChI=1S/C17H14ClN3O3S/c1-2-9-20-15-13(18)7-4-8-14(15)25-17(20)19-16(22)11-5-3-6-12(10-11)21(23)24/h3-8,10H,2,9H2,1H3. The Balaban J connectivity index is 2.13. The fraction of sp³-hybridized carbons (Fsp3) is 0.176. The van der Waals surface area contributed by atoms with E-state index >= 15 is 0 Å². The first-order chi connectivity index (χ1) is 12.0. The van der Waals surface area contributed by atoms with Gasteiger partial charge in [0, 0.05) is 24.2 Å². The second-order valence-electron chi connectivity index (χ2n) is 5.35. The number of carbonyl (C=O) groups is 1. The largest absolute Gasteiger partial charge is 0.315 e. The third-order valence-electron chi connectivity index (χ3n) is 3.60. The van der Waals surface area contributed by atoms with Crippen molar-refractivity contribution in [3.63, 3.8) is 0 Å². The van der Waals surface area contributed by atoms with Gasteiger partial charge in [0.1, 0.15) is 0 Å². The number of aromatic nitrogens is 1. The average molecular weight is 376 g/mol. The monoisotopic (exact) mass is 375 g/mol. The third-order valence-corrected chi connectivity index (χ3v) is 4.95. The van der Waals surface area contributed by atoms with Crippen LogP contribution in [-0.2, 0) is 6.54 Å². The first-order valence-electron chi connectivity index (χ1n) is 7.62. The molecule has 1 heterocycles. The molecule has 0 spiro atoms. The van der Waals surface area contributed by atoms with Gasteiger partial charge >= 0.3 is 0 Å². The number of benzene rings is 2. The van der Waals surface area contributed by atoms with Gasteiger partial charge in [0.25, 0.3) is 11.6 Å². The molecule has 0 aliphatic carbocycles. The van der Waals surface area contributed by atoms with Crippen LogP contribution in [0.5, 0.6) is 0 Å². The number of hydrogen-bond donors (Lipinski definition) is 0. The van der Waals surface area contributed by atoms with Crippen molar-refractivity contribution in [2.24, 2.45) is 4.99 Å². The Kier molecular flexibility index (Phi) is 4.96. The predicted molar refractivity (Wildman–Crippen MR) is 98.1 cm³/mol. The van der Waals surface area contributed by atoms with Gasteiger partial charge in [-0.2, -0.15) is 4.99 Å². The molecule has 0 aliphatic heterocycles. The highest BCUT2D eigenvalue weighted by Crippen LogP contribution is 2.25. The number of carbonyl (C=O) groups excluding carboxylic acids is 1. The molecule has 2 aromatic carbocycles. The Morgan fingerprint density at radius 3 is 2.80 bits per heavy atom. The lowest BCUT2D eigenvalue weighted by Crippen LogP contribution is -2.17. The molecule has 0 saturated heterocycles. The van der Waals surface area contributed by atoms with Gasteiger partial charge in [-0.05, 0) is 24.6 Å². The quantitative estimate of drug-likeness (QED) is 0.500. The molecule has 0 radical (unpaired) electrons. The number of non-ortho nitro benzene ring substituents is 1. The van der Waals surface area contributed by atoms with E-state index in [1.54, 1.807) is 6.07 Å². The van der Waals surface area contributed by atoms with Crippen LogP contribution in [0.1, 0.15) is 23.7 Å². The van der Waals surface area contributed by atoms with E-state index in [1.807, 2.05) is 23.6 Å². The molecule has 25 heavy (non-hydrogen) atoms. The normalized spacial score (nSPS) is 11.8. The van der Waals surface area contributed by atoms with E-state index < -0.39 is 10.8 Å². The lowest BCUT2D eigenvalue weighted by Gasteiger charge is -2.04. The molecule has 0 atom stereocenters. The molecule has 0 unspecified atom stereocenters. The van der Waals surface area contributed by atoms with Crippen molar-refractivity contribution in [3.8, 4) is 0 Å². The number of hydrogen-bond acceptors (Lipinski definition) is 4. The van der Waals surface area contributed by atoms with E-state index in [9.17, 15) is 14.9 Å². The molecule has 0 fully saturated rings. The molecule has 1 aromatic heterocycles. The molecule has 3 aromatic rings. The summed E-state index contributed by atoms with van der Waals surface area (Å²) in [6.45, 7) is 2.70. The fourth-order valence-corrected chi connectivity index (χ4v) is 3.92. The van der Waals surface area contributed by atoms with Crippen molar-refractivity contribution >= 4 is 44.7 Å². The van der Waals surface area contributed by atoms with Crippen LogP contribution < -0.4 is 4.80 Å². The lowest BCUT2D eigenvalue weighted by molar-refractivity contribution is -0.384. The van der Waals surface area contributed by atoms with Crippen molar-refractivity contribution in [1.82, 2.24) is 4.57 Å². The number of amides is 1. The summed E-state index contributed by atoms with van der Waals surface area (Å²) in [6, 6.07) is 11.1. The van der Waals surface area contributed by atoms with Crippen LogP contribution in [-0.4, -0.2) is 15.4 Å². The Bertz CT molecular complexity index is 1040. The highest BCUT2D eigenvalue weighted by atomic mass is 35.5. The fourth-order valence-electron chi connectivity index (χ4n) is 2.51. The summed E-state index contributed by atoms with van der Waals surface area (Å²) < 4.78 is 2.85. The Morgan fingerprint density at radius 2 is 2.08 bits per heavy atom. The summed E-state index contributed by atoms with van der Waals surface area (Å²) in [5.41, 5.74) is 0.893. The maximum Gasteiger partial charge on any atom is 0.279 e. The Morgan fingerprint density at radius 1 is 1.32 bits per heavy atom. The second kappa shape index (κ2) is 7.16. The molecule has 3 rings (SSSR count). The molecule has 0 saturated carbocycles. The summed E-state index contributed by atoms with van der Waals surface area (Å²) in [4.78, 5) is 27.5. The van der Waals surface area contributed by atoms with E-state index in [0.717, 1.165) is 16.6 Å². The third kappa shape index (κ3) is 3.47. The van der Waals surface area contributed by atoms with Gasteiger partial charge < -0.3 is 4.57 Å². The van der Waals surface area contributed by atoms with E-state index in [-0.39, 0.29) is 11.3 Å². The maximum absolute atomic E-state index is 12.5. The minimum absolute atomic E-state index is 0.137. The number of halogens is 1.